The molecule has 3 N–H and O–H groups in total. The summed E-state index contributed by atoms with van der Waals surface area (Å²) in [5.74, 6) is 0.892. The van der Waals surface area contributed by atoms with E-state index in [0.29, 0.717) is 31.8 Å². The number of carbonyl (C=O) groups excluding carboxylic acids is 2. The van der Waals surface area contributed by atoms with Crippen LogP contribution in [-0.2, 0) is 21.4 Å². The highest BCUT2D eigenvalue weighted by molar-refractivity contribution is 6.08. The number of likely N-dealkylation sites (N-methyl/N-ethyl adjacent to an activating group) is 1. The molecule has 1 saturated heterocycles. The van der Waals surface area contributed by atoms with E-state index in [1.54, 1.807) is 4.90 Å². The number of anilines is 2. The molecule has 1 aromatic carbocycles. The molecule has 8 heteroatoms. The van der Waals surface area contributed by atoms with Crippen LogP contribution in [0, 0.1) is 0 Å². The number of nitrogens with one attached hydrogen (secondary N) is 1. The molecule has 4 rings (SSSR count). The normalized spacial score (nSPS) is 22.1. The van der Waals surface area contributed by atoms with Crippen LogP contribution in [0.1, 0.15) is 30.7 Å². The van der Waals surface area contributed by atoms with E-state index in [1.165, 1.54) is 0 Å². The standard InChI is InChI=1S/C18H22N6O2/c1-23-13-6-3-2-5-12(13)18(16(23)26)9-4-10-24(11-18)15(25)8-7-14-20-17(19)22-21-14/h2-3,5-6H,4,7-11H2,1H3,(H3,19,20,21,22)/t18-/m0/s1. The van der Waals surface area contributed by atoms with Crippen LogP contribution in [0.25, 0.3) is 0 Å². The second kappa shape index (κ2) is 6.12. The van der Waals surface area contributed by atoms with Crippen LogP contribution < -0.4 is 10.6 Å². The van der Waals surface area contributed by atoms with Crippen molar-refractivity contribution < 1.29 is 9.59 Å². The number of fused-ring (bicyclic) bond motifs is 2. The molecule has 1 atom stereocenters. The number of piperidine rings is 1. The van der Waals surface area contributed by atoms with Crippen molar-refractivity contribution in [1.82, 2.24) is 20.1 Å². The van der Waals surface area contributed by atoms with Crippen molar-refractivity contribution in [2.75, 3.05) is 30.8 Å². The summed E-state index contributed by atoms with van der Waals surface area (Å²) in [7, 11) is 1.81. The number of aromatic nitrogens is 3. The number of benzene rings is 1. The maximum atomic E-state index is 13.0. The van der Waals surface area contributed by atoms with Gasteiger partial charge in [-0.15, -0.1) is 5.10 Å². The number of hydrogen-bond donors (Lipinski definition) is 2. The van der Waals surface area contributed by atoms with Crippen LogP contribution in [0.5, 0.6) is 0 Å². The third-order valence-electron chi connectivity index (χ3n) is 5.46. The Bertz CT molecular complexity index is 863. The molecule has 1 spiro atoms. The van der Waals surface area contributed by atoms with Crippen molar-refractivity contribution in [2.45, 2.75) is 31.1 Å². The molecule has 0 saturated carbocycles. The van der Waals surface area contributed by atoms with Gasteiger partial charge in [-0.1, -0.05) is 18.2 Å². The molecule has 3 heterocycles. The van der Waals surface area contributed by atoms with E-state index >= 15 is 0 Å². The summed E-state index contributed by atoms with van der Waals surface area (Å²) in [5.41, 5.74) is 6.86. The Balaban J connectivity index is 1.52. The average molecular weight is 354 g/mol. The minimum Gasteiger partial charge on any atom is -0.367 e. The van der Waals surface area contributed by atoms with Gasteiger partial charge in [0.15, 0.2) is 0 Å². The number of H-pyrrole nitrogens is 1. The quantitative estimate of drug-likeness (QED) is 0.850. The highest BCUT2D eigenvalue weighted by atomic mass is 16.2. The van der Waals surface area contributed by atoms with Gasteiger partial charge in [0, 0.05) is 38.7 Å². The number of rotatable bonds is 3. The Morgan fingerprint density at radius 1 is 1.38 bits per heavy atom. The molecule has 2 aliphatic heterocycles. The van der Waals surface area contributed by atoms with Gasteiger partial charge in [0.25, 0.3) is 0 Å². The van der Waals surface area contributed by atoms with Crippen molar-refractivity contribution in [1.29, 1.82) is 0 Å². The topological polar surface area (TPSA) is 108 Å². The molecule has 2 amide bonds. The smallest absolute Gasteiger partial charge is 0.239 e. The fourth-order valence-corrected chi connectivity index (χ4v) is 4.18. The van der Waals surface area contributed by atoms with Gasteiger partial charge < -0.3 is 15.5 Å². The number of aryl methyl sites for hydroxylation is 1. The Morgan fingerprint density at radius 3 is 2.96 bits per heavy atom. The van der Waals surface area contributed by atoms with Crippen LogP contribution in [0.2, 0.25) is 0 Å². The van der Waals surface area contributed by atoms with Crippen LogP contribution in [-0.4, -0.2) is 52.0 Å². The van der Waals surface area contributed by atoms with Gasteiger partial charge in [-0.2, -0.15) is 4.98 Å². The monoisotopic (exact) mass is 354 g/mol. The first-order chi connectivity index (χ1) is 12.5. The molecule has 0 radical (unpaired) electrons. The van der Waals surface area contributed by atoms with Gasteiger partial charge in [-0.05, 0) is 24.5 Å². The van der Waals surface area contributed by atoms with E-state index in [2.05, 4.69) is 15.2 Å². The zero-order valence-electron chi connectivity index (χ0n) is 14.7. The Hall–Kier alpha value is -2.90. The number of nitrogens with two attached hydrogens (primary N) is 1. The highest BCUT2D eigenvalue weighted by Gasteiger charge is 2.52. The van der Waals surface area contributed by atoms with Gasteiger partial charge in [0.05, 0.1) is 5.41 Å². The Kier molecular flexibility index (Phi) is 3.90. The number of nitrogen functional groups attached to an aromatic ring is 1. The van der Waals surface area contributed by atoms with Crippen molar-refractivity contribution in [3.05, 3.63) is 35.7 Å². The molecule has 0 bridgehead atoms. The third-order valence-corrected chi connectivity index (χ3v) is 5.46. The van der Waals surface area contributed by atoms with Crippen molar-refractivity contribution >= 4 is 23.5 Å². The second-order valence-corrected chi connectivity index (χ2v) is 7.02. The zero-order chi connectivity index (χ0) is 18.3. The predicted octanol–water partition coefficient (Wildman–Crippen LogP) is 0.856. The maximum absolute atomic E-state index is 13.0. The summed E-state index contributed by atoms with van der Waals surface area (Å²) in [5, 5.41) is 6.50. The third kappa shape index (κ3) is 2.53. The fourth-order valence-electron chi connectivity index (χ4n) is 4.18. The van der Waals surface area contributed by atoms with E-state index in [9.17, 15) is 9.59 Å². The number of hydrogen-bond acceptors (Lipinski definition) is 5. The minimum absolute atomic E-state index is 0.0267. The number of aromatic amines is 1. The second-order valence-electron chi connectivity index (χ2n) is 7.02. The summed E-state index contributed by atoms with van der Waals surface area (Å²) < 4.78 is 0. The van der Waals surface area contributed by atoms with Crippen LogP contribution in [0.4, 0.5) is 11.6 Å². The number of para-hydroxylation sites is 1. The molecule has 0 aliphatic carbocycles. The van der Waals surface area contributed by atoms with Gasteiger partial charge in [-0.25, -0.2) is 0 Å². The lowest BCUT2D eigenvalue weighted by Crippen LogP contribution is -2.53. The lowest BCUT2D eigenvalue weighted by atomic mass is 9.75. The Morgan fingerprint density at radius 2 is 2.19 bits per heavy atom. The van der Waals surface area contributed by atoms with E-state index in [-0.39, 0.29) is 17.8 Å². The molecule has 136 valence electrons. The number of amides is 2. The van der Waals surface area contributed by atoms with E-state index in [1.807, 2.05) is 36.2 Å². The fraction of sp³-hybridized carbons (Fsp3) is 0.444. The van der Waals surface area contributed by atoms with E-state index < -0.39 is 5.41 Å². The average Bonchev–Trinajstić information content (AvgIpc) is 3.17. The summed E-state index contributed by atoms with van der Waals surface area (Å²) in [6.45, 7) is 1.11. The summed E-state index contributed by atoms with van der Waals surface area (Å²) >= 11 is 0. The first kappa shape index (κ1) is 16.6. The minimum atomic E-state index is -0.615. The lowest BCUT2D eigenvalue weighted by Gasteiger charge is -2.39. The largest absolute Gasteiger partial charge is 0.367 e. The first-order valence-corrected chi connectivity index (χ1v) is 8.83. The molecule has 0 unspecified atom stereocenters. The maximum Gasteiger partial charge on any atom is 0.239 e. The van der Waals surface area contributed by atoms with Gasteiger partial charge in [0.2, 0.25) is 17.8 Å². The van der Waals surface area contributed by atoms with Gasteiger partial charge in [-0.3, -0.25) is 14.7 Å². The molecular formula is C18H22N6O2. The predicted molar refractivity (Wildman–Crippen MR) is 96.5 cm³/mol. The number of nitrogens with zero attached hydrogens (tertiary/aromatic N) is 4. The molecule has 8 nitrogen and oxygen atoms in total. The molecule has 1 aromatic heterocycles. The summed E-state index contributed by atoms with van der Waals surface area (Å²) in [6, 6.07) is 7.89. The van der Waals surface area contributed by atoms with Crippen LogP contribution in [0.3, 0.4) is 0 Å². The highest BCUT2D eigenvalue weighted by Crippen LogP contribution is 2.46. The number of carbonyl (C=O) groups is 2. The van der Waals surface area contributed by atoms with Gasteiger partial charge in [0.1, 0.15) is 5.82 Å². The first-order valence-electron chi connectivity index (χ1n) is 8.83. The van der Waals surface area contributed by atoms with Crippen molar-refractivity contribution in [2.24, 2.45) is 0 Å². The summed E-state index contributed by atoms with van der Waals surface area (Å²) in [6.07, 6.45) is 2.36. The SMILES string of the molecule is CN1C(=O)[C@]2(CCCN(C(=O)CCc3nc(N)n[nH]3)C2)c2ccccc21. The lowest BCUT2D eigenvalue weighted by molar-refractivity contribution is -0.135. The van der Waals surface area contributed by atoms with Gasteiger partial charge >= 0.3 is 0 Å². The number of likely N-dealkylation sites (tertiary alicyclic amines) is 1. The molecule has 26 heavy (non-hydrogen) atoms. The van der Waals surface area contributed by atoms with E-state index in [0.717, 1.165) is 24.1 Å². The molecular weight excluding hydrogens is 332 g/mol. The van der Waals surface area contributed by atoms with Crippen molar-refractivity contribution in [3.63, 3.8) is 0 Å². The van der Waals surface area contributed by atoms with Crippen LogP contribution in [0.15, 0.2) is 24.3 Å². The van der Waals surface area contributed by atoms with Crippen molar-refractivity contribution in [3.8, 4) is 0 Å². The van der Waals surface area contributed by atoms with Crippen LogP contribution >= 0.6 is 0 Å². The summed E-state index contributed by atoms with van der Waals surface area (Å²) in [4.78, 5) is 33.3. The molecule has 1 fully saturated rings. The molecule has 2 aliphatic rings. The zero-order valence-corrected chi connectivity index (χ0v) is 14.7. The molecule has 2 aromatic rings. The Labute approximate surface area is 151 Å². The van der Waals surface area contributed by atoms with E-state index in [4.69, 9.17) is 5.73 Å².